The van der Waals surface area contributed by atoms with Gasteiger partial charge in [0.15, 0.2) is 29.0 Å². The van der Waals surface area contributed by atoms with Crippen LogP contribution < -0.4 is 0 Å². The average Bonchev–Trinajstić information content (AvgIpc) is 3.63. The van der Waals surface area contributed by atoms with Crippen molar-refractivity contribution >= 4 is 41.4 Å². The van der Waals surface area contributed by atoms with Gasteiger partial charge >= 0.3 is 11.9 Å². The first kappa shape index (κ1) is 26.9. The Labute approximate surface area is 214 Å². The molecule has 4 N–H and O–H groups in total. The number of nitrogens with one attached hydrogen (secondary N) is 1. The van der Waals surface area contributed by atoms with Crippen molar-refractivity contribution < 1.29 is 43.9 Å². The number of rotatable bonds is 10. The summed E-state index contributed by atoms with van der Waals surface area (Å²) in [5.74, 6) is -3.01. The number of aliphatic hydroxyl groups excluding tert-OH is 3. The van der Waals surface area contributed by atoms with Crippen LogP contribution in [0.5, 0.6) is 0 Å². The number of ether oxygens (including phenoxy) is 3. The molecule has 1 aliphatic heterocycles. The maximum absolute atomic E-state index is 12.4. The lowest BCUT2D eigenvalue weighted by atomic mass is 10.1. The molecule has 4 heterocycles. The van der Waals surface area contributed by atoms with E-state index in [1.165, 1.54) is 17.1 Å². The van der Waals surface area contributed by atoms with Crippen LogP contribution in [0.2, 0.25) is 0 Å². The minimum atomic E-state index is -1.44. The van der Waals surface area contributed by atoms with E-state index < -0.39 is 49.0 Å². The minimum absolute atomic E-state index is 0.0254. The molecular formula is C22H25N7O9. The molecule has 0 spiro atoms. The molecule has 0 bridgehead atoms. The van der Waals surface area contributed by atoms with Crippen LogP contribution in [-0.2, 0) is 23.8 Å². The molecule has 0 aromatic carbocycles. The molecule has 38 heavy (non-hydrogen) atoms. The average molecular weight is 531 g/mol. The lowest BCUT2D eigenvalue weighted by molar-refractivity contribution is -0.146. The molecule has 5 atom stereocenters. The van der Waals surface area contributed by atoms with Crippen LogP contribution in [0.1, 0.15) is 30.4 Å². The van der Waals surface area contributed by atoms with Crippen LogP contribution in [0.15, 0.2) is 17.5 Å². The fourth-order valence-corrected chi connectivity index (χ4v) is 3.76. The van der Waals surface area contributed by atoms with Crippen molar-refractivity contribution in [3.05, 3.63) is 18.1 Å². The van der Waals surface area contributed by atoms with Gasteiger partial charge in [-0.15, -0.1) is 0 Å². The number of H-pyrrole nitrogens is 1. The number of nitrogens with zero attached hydrogens (tertiary/aromatic N) is 6. The standard InChI is InChI=1S/C22H25N7O9/c1-3-36-21(34)10(7-30)5-23-17-14-19(29(9-24-14)20-16(33)15(32)12(8-31)38-20)27-18(26-17)13-11(6-25-28-13)22(35)37-4-2/h5-7,9-10,12,15-16,20,31-33H,3-4,8H2,1-2H3,(H,25,28)/t10?,12-,15-,16-,20-/m1/s1. The molecule has 1 fully saturated rings. The third-order valence-corrected chi connectivity index (χ3v) is 5.62. The zero-order valence-electron chi connectivity index (χ0n) is 20.3. The normalized spacial score (nSPS) is 22.1. The quantitative estimate of drug-likeness (QED) is 0.108. The van der Waals surface area contributed by atoms with Gasteiger partial charge in [-0.3, -0.25) is 14.5 Å². The maximum atomic E-state index is 12.4. The summed E-state index contributed by atoms with van der Waals surface area (Å²) in [7, 11) is 0. The van der Waals surface area contributed by atoms with Crippen LogP contribution in [0.4, 0.5) is 5.82 Å². The Morgan fingerprint density at radius 2 is 2.00 bits per heavy atom. The van der Waals surface area contributed by atoms with Crippen LogP contribution >= 0.6 is 0 Å². The Hall–Kier alpha value is -4.12. The van der Waals surface area contributed by atoms with E-state index in [0.717, 1.165) is 6.21 Å². The lowest BCUT2D eigenvalue weighted by Crippen LogP contribution is -2.33. The van der Waals surface area contributed by atoms with E-state index in [4.69, 9.17) is 14.2 Å². The zero-order valence-corrected chi connectivity index (χ0v) is 20.3. The van der Waals surface area contributed by atoms with Gasteiger partial charge < -0.3 is 34.3 Å². The molecule has 1 unspecified atom stereocenters. The predicted molar refractivity (Wildman–Crippen MR) is 126 cm³/mol. The Morgan fingerprint density at radius 1 is 1.24 bits per heavy atom. The van der Waals surface area contributed by atoms with Crippen LogP contribution in [0.3, 0.4) is 0 Å². The van der Waals surface area contributed by atoms with Crippen molar-refractivity contribution in [3.8, 4) is 11.5 Å². The van der Waals surface area contributed by atoms with Crippen molar-refractivity contribution in [2.24, 2.45) is 10.9 Å². The van der Waals surface area contributed by atoms with Gasteiger partial charge in [-0.05, 0) is 13.8 Å². The first-order valence-electron chi connectivity index (χ1n) is 11.6. The number of aliphatic imine (C=N–C) groups is 1. The van der Waals surface area contributed by atoms with Crippen LogP contribution in [0.25, 0.3) is 22.7 Å². The van der Waals surface area contributed by atoms with Crippen molar-refractivity contribution in [2.75, 3.05) is 19.8 Å². The number of fused-ring (bicyclic) bond motifs is 1. The van der Waals surface area contributed by atoms with Crippen LogP contribution in [-0.4, -0.2) is 108 Å². The first-order chi connectivity index (χ1) is 18.3. The number of aldehydes is 1. The zero-order chi connectivity index (χ0) is 27.4. The van der Waals surface area contributed by atoms with Gasteiger partial charge in [0.2, 0.25) is 0 Å². The van der Waals surface area contributed by atoms with Crippen molar-refractivity contribution in [2.45, 2.75) is 38.4 Å². The number of hydrogen-bond donors (Lipinski definition) is 4. The molecule has 1 saturated heterocycles. The Kier molecular flexibility index (Phi) is 8.16. The molecule has 16 nitrogen and oxygen atoms in total. The number of aliphatic hydroxyl groups is 3. The molecule has 0 radical (unpaired) electrons. The SMILES string of the molecule is CCOC(=O)c1cn[nH]c1-c1nc(N=CC(C=O)C(=O)OCC)c2ncn([C@@H]3O[C@H](CO)[C@@H](O)[C@H]3O)c2n1. The highest BCUT2D eigenvalue weighted by Gasteiger charge is 2.44. The van der Waals surface area contributed by atoms with Gasteiger partial charge in [0.05, 0.1) is 32.3 Å². The highest BCUT2D eigenvalue weighted by Crippen LogP contribution is 2.34. The number of esters is 2. The van der Waals surface area contributed by atoms with Gasteiger partial charge in [-0.25, -0.2) is 24.7 Å². The second-order valence-corrected chi connectivity index (χ2v) is 7.99. The molecule has 16 heteroatoms. The second-order valence-electron chi connectivity index (χ2n) is 7.99. The molecule has 0 saturated carbocycles. The number of hydrogen-bond acceptors (Lipinski definition) is 14. The topological polar surface area (TPSA) is 224 Å². The smallest absolute Gasteiger partial charge is 0.342 e. The van der Waals surface area contributed by atoms with E-state index in [1.54, 1.807) is 13.8 Å². The Balaban J connectivity index is 1.86. The highest BCUT2D eigenvalue weighted by molar-refractivity contribution is 6.05. The van der Waals surface area contributed by atoms with E-state index in [1.807, 2.05) is 0 Å². The van der Waals surface area contributed by atoms with E-state index in [9.17, 15) is 29.7 Å². The van der Waals surface area contributed by atoms with Gasteiger partial charge in [0.25, 0.3) is 0 Å². The number of carbonyl (C=O) groups excluding carboxylic acids is 3. The third kappa shape index (κ3) is 5.01. The van der Waals surface area contributed by atoms with E-state index in [2.05, 4.69) is 30.1 Å². The largest absolute Gasteiger partial charge is 0.465 e. The molecule has 4 rings (SSSR count). The fraction of sp³-hybridized carbons (Fsp3) is 0.455. The fourth-order valence-electron chi connectivity index (χ4n) is 3.76. The summed E-state index contributed by atoms with van der Waals surface area (Å²) in [6, 6.07) is 0. The molecule has 0 aliphatic carbocycles. The lowest BCUT2D eigenvalue weighted by Gasteiger charge is -2.16. The van der Waals surface area contributed by atoms with Crippen molar-refractivity contribution in [1.82, 2.24) is 29.7 Å². The molecular weight excluding hydrogens is 506 g/mol. The first-order valence-corrected chi connectivity index (χ1v) is 11.6. The van der Waals surface area contributed by atoms with Gasteiger partial charge in [-0.2, -0.15) is 5.10 Å². The Bertz CT molecular complexity index is 1350. The summed E-state index contributed by atoms with van der Waals surface area (Å²) in [6.07, 6.45) is -1.22. The summed E-state index contributed by atoms with van der Waals surface area (Å²) in [6.45, 7) is 2.85. The van der Waals surface area contributed by atoms with Crippen LogP contribution in [0, 0.1) is 5.92 Å². The minimum Gasteiger partial charge on any atom is -0.465 e. The van der Waals surface area contributed by atoms with Gasteiger partial charge in [0.1, 0.15) is 41.8 Å². The number of aromatic nitrogens is 6. The summed E-state index contributed by atoms with van der Waals surface area (Å²) in [4.78, 5) is 53.1. The van der Waals surface area contributed by atoms with Crippen molar-refractivity contribution in [1.29, 1.82) is 0 Å². The summed E-state index contributed by atoms with van der Waals surface area (Å²) < 4.78 is 16.8. The van der Waals surface area contributed by atoms with Gasteiger partial charge in [0, 0.05) is 6.21 Å². The molecule has 202 valence electrons. The summed E-state index contributed by atoms with van der Waals surface area (Å²) in [5, 5.41) is 36.7. The van der Waals surface area contributed by atoms with E-state index >= 15 is 0 Å². The third-order valence-electron chi connectivity index (χ3n) is 5.62. The van der Waals surface area contributed by atoms with Crippen molar-refractivity contribution in [3.63, 3.8) is 0 Å². The summed E-state index contributed by atoms with van der Waals surface area (Å²) in [5.41, 5.74) is 0.235. The number of aromatic amines is 1. The van der Waals surface area contributed by atoms with E-state index in [-0.39, 0.29) is 47.3 Å². The molecule has 3 aromatic rings. The molecule has 1 aliphatic rings. The number of imidazole rings is 1. The maximum Gasteiger partial charge on any atom is 0.342 e. The molecule has 3 aromatic heterocycles. The Morgan fingerprint density at radius 3 is 2.66 bits per heavy atom. The molecule has 0 amide bonds. The predicted octanol–water partition coefficient (Wildman–Crippen LogP) is -0.915. The number of carbonyl (C=O) groups is 3. The highest BCUT2D eigenvalue weighted by atomic mass is 16.6. The summed E-state index contributed by atoms with van der Waals surface area (Å²) >= 11 is 0. The van der Waals surface area contributed by atoms with Gasteiger partial charge in [-0.1, -0.05) is 0 Å². The second kappa shape index (κ2) is 11.5. The monoisotopic (exact) mass is 531 g/mol. The van der Waals surface area contributed by atoms with E-state index in [0.29, 0.717) is 6.29 Å².